The molecule has 1 N–H and O–H groups in total. The first-order valence-electron chi connectivity index (χ1n) is 8.89. The number of thiophene rings is 1. The number of carbonyl (C=O) groups excluding carboxylic acids is 1. The molecule has 144 valence electrons. The van der Waals surface area contributed by atoms with Gasteiger partial charge >= 0.3 is 0 Å². The number of nitrogens with one attached hydrogen (secondary N) is 1. The molecule has 0 saturated carbocycles. The lowest BCUT2D eigenvalue weighted by atomic mass is 10.1. The first kappa shape index (κ1) is 19.0. The summed E-state index contributed by atoms with van der Waals surface area (Å²) in [6, 6.07) is 16.6. The lowest BCUT2D eigenvalue weighted by molar-refractivity contribution is 0.101. The first-order chi connectivity index (χ1) is 14.0. The molecule has 0 aliphatic carbocycles. The van der Waals surface area contributed by atoms with Crippen LogP contribution in [0.5, 0.6) is 0 Å². The zero-order valence-corrected chi connectivity index (χ0v) is 16.3. The van der Waals surface area contributed by atoms with Gasteiger partial charge < -0.3 is 5.32 Å². The quantitative estimate of drug-likeness (QED) is 0.431. The van der Waals surface area contributed by atoms with Crippen molar-refractivity contribution >= 4 is 22.9 Å². The second-order valence-electron chi connectivity index (χ2n) is 6.49. The highest BCUT2D eigenvalue weighted by Gasteiger charge is 2.17. The number of aromatic nitrogens is 1. The van der Waals surface area contributed by atoms with Crippen molar-refractivity contribution in [1.29, 1.82) is 0 Å². The summed E-state index contributed by atoms with van der Waals surface area (Å²) in [4.78, 5) is 18.6. The number of amides is 1. The van der Waals surface area contributed by atoms with Crippen molar-refractivity contribution in [2.45, 2.75) is 6.92 Å². The molecule has 6 heteroatoms. The minimum absolute atomic E-state index is 0.461. The molecule has 2 aromatic heterocycles. The summed E-state index contributed by atoms with van der Waals surface area (Å²) in [5.74, 6) is -2.60. The van der Waals surface area contributed by atoms with Crippen LogP contribution in [0.2, 0.25) is 0 Å². The Kier molecular flexibility index (Phi) is 5.18. The molecule has 0 fully saturated rings. The Morgan fingerprint density at radius 2 is 1.69 bits per heavy atom. The number of carbonyl (C=O) groups is 1. The third-order valence-corrected chi connectivity index (χ3v) is 5.79. The minimum atomic E-state index is -0.892. The van der Waals surface area contributed by atoms with Gasteiger partial charge in [0.15, 0.2) is 0 Å². The standard InChI is InChI=1S/C23H16F2N2OS/c1-14-12-20(16-4-3-11-26-13-16)29-22(14)15-7-9-17(10-8-15)27-23(28)21-18(24)5-2-6-19(21)25/h2-13H,1H3,(H,27,28). The zero-order valence-electron chi connectivity index (χ0n) is 15.4. The molecule has 0 saturated heterocycles. The molecule has 1 amide bonds. The summed E-state index contributed by atoms with van der Waals surface area (Å²) in [5, 5.41) is 2.54. The third-order valence-electron chi connectivity index (χ3n) is 4.46. The highest BCUT2D eigenvalue weighted by atomic mass is 32.1. The van der Waals surface area contributed by atoms with Gasteiger partial charge in [-0.25, -0.2) is 8.78 Å². The monoisotopic (exact) mass is 406 g/mol. The molecule has 4 aromatic rings. The Balaban J connectivity index is 1.56. The summed E-state index contributed by atoms with van der Waals surface area (Å²) < 4.78 is 27.5. The van der Waals surface area contributed by atoms with Crippen molar-refractivity contribution in [2.75, 3.05) is 5.32 Å². The Morgan fingerprint density at radius 1 is 0.966 bits per heavy atom. The largest absolute Gasteiger partial charge is 0.322 e. The molecule has 2 heterocycles. The average Bonchev–Trinajstić information content (AvgIpc) is 3.11. The second kappa shape index (κ2) is 7.93. The Morgan fingerprint density at radius 3 is 2.34 bits per heavy atom. The van der Waals surface area contributed by atoms with Crippen molar-refractivity contribution in [1.82, 2.24) is 4.98 Å². The van der Waals surface area contributed by atoms with Crippen molar-refractivity contribution in [2.24, 2.45) is 0 Å². The van der Waals surface area contributed by atoms with Crippen LogP contribution >= 0.6 is 11.3 Å². The number of hydrogen-bond donors (Lipinski definition) is 1. The maximum absolute atomic E-state index is 13.8. The van der Waals surface area contributed by atoms with Gasteiger partial charge in [-0.05, 0) is 54.4 Å². The number of nitrogens with zero attached hydrogens (tertiary/aromatic N) is 1. The van der Waals surface area contributed by atoms with Crippen LogP contribution in [0.4, 0.5) is 14.5 Å². The van der Waals surface area contributed by atoms with Crippen molar-refractivity contribution in [3.05, 3.63) is 95.8 Å². The molecule has 0 radical (unpaired) electrons. The van der Waals surface area contributed by atoms with E-state index in [0.29, 0.717) is 5.69 Å². The SMILES string of the molecule is Cc1cc(-c2cccnc2)sc1-c1ccc(NC(=O)c2c(F)cccc2F)cc1. The van der Waals surface area contributed by atoms with Gasteiger partial charge in [0.1, 0.15) is 17.2 Å². The number of benzene rings is 2. The van der Waals surface area contributed by atoms with Crippen LogP contribution in [0.25, 0.3) is 20.9 Å². The second-order valence-corrected chi connectivity index (χ2v) is 7.54. The molecule has 2 aromatic carbocycles. The van der Waals surface area contributed by atoms with Gasteiger partial charge in [-0.15, -0.1) is 11.3 Å². The molecule has 0 bridgehead atoms. The maximum Gasteiger partial charge on any atom is 0.261 e. The van der Waals surface area contributed by atoms with Gasteiger partial charge in [0, 0.05) is 33.4 Å². The van der Waals surface area contributed by atoms with Crippen LogP contribution in [0.1, 0.15) is 15.9 Å². The predicted molar refractivity (Wildman–Crippen MR) is 112 cm³/mol. The molecule has 0 aliphatic rings. The summed E-state index contributed by atoms with van der Waals surface area (Å²) in [7, 11) is 0. The minimum Gasteiger partial charge on any atom is -0.322 e. The predicted octanol–water partition coefficient (Wildman–Crippen LogP) is 6.32. The lowest BCUT2D eigenvalue weighted by Crippen LogP contribution is -2.15. The fourth-order valence-corrected chi connectivity index (χ4v) is 4.20. The molecule has 3 nitrogen and oxygen atoms in total. The van der Waals surface area contributed by atoms with Gasteiger partial charge in [-0.1, -0.05) is 24.3 Å². The lowest BCUT2D eigenvalue weighted by Gasteiger charge is -2.08. The molecule has 0 aliphatic heterocycles. The zero-order chi connectivity index (χ0) is 20.4. The van der Waals surface area contributed by atoms with E-state index in [1.165, 1.54) is 6.07 Å². The smallest absolute Gasteiger partial charge is 0.261 e. The molecule has 29 heavy (non-hydrogen) atoms. The van der Waals surface area contributed by atoms with Gasteiger partial charge in [0.05, 0.1) is 0 Å². The topological polar surface area (TPSA) is 42.0 Å². The summed E-state index contributed by atoms with van der Waals surface area (Å²) in [5.41, 5.74) is 3.06. The first-order valence-corrected chi connectivity index (χ1v) is 9.71. The van der Waals surface area contributed by atoms with Crippen LogP contribution in [0, 0.1) is 18.6 Å². The maximum atomic E-state index is 13.8. The van der Waals surface area contributed by atoms with E-state index >= 15 is 0 Å². The number of halogens is 2. The molecule has 4 rings (SSSR count). The van der Waals surface area contributed by atoms with E-state index in [4.69, 9.17) is 0 Å². The number of aryl methyl sites for hydroxylation is 1. The van der Waals surface area contributed by atoms with E-state index in [1.807, 2.05) is 37.4 Å². The van der Waals surface area contributed by atoms with Crippen molar-refractivity contribution < 1.29 is 13.6 Å². The van der Waals surface area contributed by atoms with Gasteiger partial charge in [0.2, 0.25) is 0 Å². The van der Waals surface area contributed by atoms with E-state index in [-0.39, 0.29) is 0 Å². The highest BCUT2D eigenvalue weighted by Crippen LogP contribution is 2.37. The van der Waals surface area contributed by atoms with Crippen molar-refractivity contribution in [3.8, 4) is 20.9 Å². The normalized spacial score (nSPS) is 10.7. The molecular formula is C23H16F2N2OS. The van der Waals surface area contributed by atoms with E-state index < -0.39 is 23.1 Å². The number of pyridine rings is 1. The molecule has 0 unspecified atom stereocenters. The Labute approximate surface area is 170 Å². The average molecular weight is 406 g/mol. The van der Waals surface area contributed by atoms with Crippen LogP contribution in [0.15, 0.2) is 73.1 Å². The highest BCUT2D eigenvalue weighted by molar-refractivity contribution is 7.19. The van der Waals surface area contributed by atoms with Crippen LogP contribution < -0.4 is 5.32 Å². The molecule has 0 atom stereocenters. The summed E-state index contributed by atoms with van der Waals surface area (Å²) in [6.45, 7) is 2.04. The number of anilines is 1. The van der Waals surface area contributed by atoms with E-state index in [0.717, 1.165) is 38.6 Å². The van der Waals surface area contributed by atoms with E-state index in [1.54, 1.807) is 29.7 Å². The van der Waals surface area contributed by atoms with Crippen LogP contribution in [0.3, 0.4) is 0 Å². The molecular weight excluding hydrogens is 390 g/mol. The number of hydrogen-bond acceptors (Lipinski definition) is 3. The van der Waals surface area contributed by atoms with E-state index in [9.17, 15) is 13.6 Å². The Bertz CT molecular complexity index is 1150. The molecule has 0 spiro atoms. The van der Waals surface area contributed by atoms with Crippen LogP contribution in [-0.4, -0.2) is 10.9 Å². The van der Waals surface area contributed by atoms with E-state index in [2.05, 4.69) is 16.4 Å². The Hall–Kier alpha value is -3.38. The fraction of sp³-hybridized carbons (Fsp3) is 0.0435. The van der Waals surface area contributed by atoms with Gasteiger partial charge in [-0.3, -0.25) is 9.78 Å². The summed E-state index contributed by atoms with van der Waals surface area (Å²) in [6.07, 6.45) is 3.57. The van der Waals surface area contributed by atoms with Crippen molar-refractivity contribution in [3.63, 3.8) is 0 Å². The fourth-order valence-electron chi connectivity index (χ4n) is 3.03. The summed E-state index contributed by atoms with van der Waals surface area (Å²) >= 11 is 1.66. The number of rotatable bonds is 4. The van der Waals surface area contributed by atoms with Gasteiger partial charge in [-0.2, -0.15) is 0 Å². The third kappa shape index (κ3) is 3.93. The van der Waals surface area contributed by atoms with Gasteiger partial charge in [0.25, 0.3) is 5.91 Å². The van der Waals surface area contributed by atoms with Crippen LogP contribution in [-0.2, 0) is 0 Å².